The molecule has 3 atom stereocenters. The van der Waals surface area contributed by atoms with Crippen molar-refractivity contribution in [2.24, 2.45) is 11.7 Å². The summed E-state index contributed by atoms with van der Waals surface area (Å²) in [5, 5.41) is 3.89. The third-order valence-corrected chi connectivity index (χ3v) is 7.91. The van der Waals surface area contributed by atoms with Gasteiger partial charge in [-0.15, -0.1) is 24.5 Å². The second kappa shape index (κ2) is 9.49. The highest BCUT2D eigenvalue weighted by Crippen LogP contribution is 2.33. The van der Waals surface area contributed by atoms with Gasteiger partial charge in [0.1, 0.15) is 15.5 Å². The Morgan fingerprint density at radius 2 is 2.06 bits per heavy atom. The zero-order valence-corrected chi connectivity index (χ0v) is 20.5. The van der Waals surface area contributed by atoms with Crippen molar-refractivity contribution >= 4 is 39.0 Å². The Morgan fingerprint density at radius 3 is 2.83 bits per heavy atom. The molecule has 3 aromatic rings. The van der Waals surface area contributed by atoms with E-state index in [9.17, 15) is 18.0 Å². The highest BCUT2D eigenvalue weighted by molar-refractivity contribution is 7.21. The van der Waals surface area contributed by atoms with E-state index in [0.717, 1.165) is 33.6 Å². The van der Waals surface area contributed by atoms with Gasteiger partial charge in [-0.05, 0) is 49.9 Å². The summed E-state index contributed by atoms with van der Waals surface area (Å²) in [5.41, 5.74) is 15.6. The Labute approximate surface area is 209 Å². The second-order valence-corrected chi connectivity index (χ2v) is 10.4. The number of anilines is 2. The number of thiophene rings is 1. The first kappa shape index (κ1) is 24.7. The largest absolute Gasteiger partial charge is 0.522 e. The molecule has 8 nitrogen and oxygen atoms in total. The van der Waals surface area contributed by atoms with E-state index in [1.807, 2.05) is 36.1 Å². The number of nitrogens with zero attached hydrogens (tertiary/aromatic N) is 3. The Hall–Kier alpha value is -2.96. The Bertz CT molecular complexity index is 1300. The SMILES string of the molecule is Cc1ccc2c(N)c(C(=O)N[C@H]3CCc4nc(N5C[C@@H](COC(F)(F)F)[C@@H](N)C5)ccc4C3)sc2n1. The molecule has 5 rings (SSSR count). The first-order valence-electron chi connectivity index (χ1n) is 11.7. The number of halogens is 3. The van der Waals surface area contributed by atoms with Gasteiger partial charge in [0.2, 0.25) is 0 Å². The van der Waals surface area contributed by atoms with Crippen LogP contribution in [0.1, 0.15) is 33.0 Å². The van der Waals surface area contributed by atoms with Gasteiger partial charge in [-0.3, -0.25) is 9.53 Å². The molecule has 0 saturated carbocycles. The molecule has 1 amide bonds. The molecule has 0 bridgehead atoms. The molecule has 4 heterocycles. The lowest BCUT2D eigenvalue weighted by atomic mass is 9.91. The van der Waals surface area contributed by atoms with Crippen molar-refractivity contribution in [3.8, 4) is 0 Å². The third kappa shape index (κ3) is 5.11. The fourth-order valence-electron chi connectivity index (χ4n) is 4.87. The maximum Gasteiger partial charge on any atom is 0.522 e. The average Bonchev–Trinajstić information content (AvgIpc) is 3.36. The highest BCUT2D eigenvalue weighted by Gasteiger charge is 2.36. The Balaban J connectivity index is 1.23. The molecule has 3 aromatic heterocycles. The van der Waals surface area contributed by atoms with Gasteiger partial charge in [-0.1, -0.05) is 6.07 Å². The summed E-state index contributed by atoms with van der Waals surface area (Å²) in [6, 6.07) is 7.12. The standard InChI is InChI=1S/C24H27F3N6O2S/c1-12-2-5-16-20(29)21(36-23(16)30-12)22(34)31-15-4-6-18-13(8-15)3-7-19(32-18)33-9-14(17(28)10-33)11-35-24(25,26)27/h2-3,5,7,14-15,17H,4,6,8-11,28-29H2,1H3,(H,31,34)/t14-,15-,17-/m0/s1. The minimum atomic E-state index is -4.66. The minimum Gasteiger partial charge on any atom is -0.397 e. The summed E-state index contributed by atoms with van der Waals surface area (Å²) in [4.78, 5) is 25.3. The van der Waals surface area contributed by atoms with Crippen LogP contribution in [0.5, 0.6) is 0 Å². The number of aromatic nitrogens is 2. The number of aryl methyl sites for hydroxylation is 2. The monoisotopic (exact) mass is 520 g/mol. The summed E-state index contributed by atoms with van der Waals surface area (Å²) in [6.45, 7) is 2.20. The number of amides is 1. The molecule has 192 valence electrons. The number of pyridine rings is 2. The van der Waals surface area contributed by atoms with Crippen LogP contribution in [0.15, 0.2) is 24.3 Å². The van der Waals surface area contributed by atoms with Crippen molar-refractivity contribution in [1.82, 2.24) is 15.3 Å². The van der Waals surface area contributed by atoms with E-state index >= 15 is 0 Å². The van der Waals surface area contributed by atoms with Crippen LogP contribution < -0.4 is 21.7 Å². The lowest BCUT2D eigenvalue weighted by Crippen LogP contribution is -2.39. The molecular weight excluding hydrogens is 493 g/mol. The molecule has 1 aliphatic carbocycles. The van der Waals surface area contributed by atoms with E-state index in [2.05, 4.69) is 15.0 Å². The van der Waals surface area contributed by atoms with Crippen LogP contribution in [0.4, 0.5) is 24.7 Å². The molecule has 0 spiro atoms. The Kier molecular flexibility index (Phi) is 6.52. The molecule has 0 radical (unpaired) electrons. The predicted molar refractivity (Wildman–Crippen MR) is 132 cm³/mol. The van der Waals surface area contributed by atoms with Crippen molar-refractivity contribution in [3.63, 3.8) is 0 Å². The summed E-state index contributed by atoms with van der Waals surface area (Å²) in [6.07, 6.45) is -2.63. The summed E-state index contributed by atoms with van der Waals surface area (Å²) in [7, 11) is 0. The van der Waals surface area contributed by atoms with Crippen LogP contribution in [0.2, 0.25) is 0 Å². The van der Waals surface area contributed by atoms with E-state index < -0.39 is 24.9 Å². The van der Waals surface area contributed by atoms with Crippen molar-refractivity contribution < 1.29 is 22.7 Å². The number of nitrogen functional groups attached to an aromatic ring is 1. The molecular formula is C24H27F3N6O2S. The van der Waals surface area contributed by atoms with Gasteiger partial charge in [-0.2, -0.15) is 0 Å². The summed E-state index contributed by atoms with van der Waals surface area (Å²) < 4.78 is 41.2. The third-order valence-electron chi connectivity index (χ3n) is 6.80. The van der Waals surface area contributed by atoms with Gasteiger partial charge in [0.15, 0.2) is 0 Å². The van der Waals surface area contributed by atoms with Crippen LogP contribution in [0, 0.1) is 12.8 Å². The molecule has 12 heteroatoms. The number of fused-ring (bicyclic) bond motifs is 2. The number of hydrogen-bond acceptors (Lipinski definition) is 8. The van der Waals surface area contributed by atoms with Gasteiger partial charge in [0.05, 0.1) is 12.3 Å². The first-order chi connectivity index (χ1) is 17.1. The number of hydrogen-bond donors (Lipinski definition) is 3. The fraction of sp³-hybridized carbons (Fsp3) is 0.458. The molecule has 1 fully saturated rings. The molecule has 36 heavy (non-hydrogen) atoms. The maximum atomic E-state index is 13.0. The Morgan fingerprint density at radius 1 is 1.25 bits per heavy atom. The maximum absolute atomic E-state index is 13.0. The number of ether oxygens (including phenoxy) is 1. The normalized spacial score (nSPS) is 22.1. The first-order valence-corrected chi connectivity index (χ1v) is 12.6. The van der Waals surface area contributed by atoms with Crippen molar-refractivity contribution in [2.75, 3.05) is 30.3 Å². The molecule has 5 N–H and O–H groups in total. The number of alkyl halides is 3. The van der Waals surface area contributed by atoms with Gasteiger partial charge in [0.25, 0.3) is 5.91 Å². The summed E-state index contributed by atoms with van der Waals surface area (Å²) in [5.74, 6) is 0.0656. The lowest BCUT2D eigenvalue weighted by molar-refractivity contribution is -0.328. The van der Waals surface area contributed by atoms with Crippen molar-refractivity contribution in [1.29, 1.82) is 0 Å². The van der Waals surface area contributed by atoms with Gasteiger partial charge in [-0.25, -0.2) is 9.97 Å². The number of carbonyl (C=O) groups is 1. The van der Waals surface area contributed by atoms with E-state index in [-0.39, 0.29) is 11.9 Å². The zero-order chi connectivity index (χ0) is 25.6. The predicted octanol–water partition coefficient (Wildman–Crippen LogP) is 3.17. The average molecular weight is 521 g/mol. The van der Waals surface area contributed by atoms with E-state index in [1.54, 1.807) is 0 Å². The van der Waals surface area contributed by atoms with E-state index in [4.69, 9.17) is 16.5 Å². The quantitative estimate of drug-likeness (QED) is 0.473. The molecule has 0 aromatic carbocycles. The van der Waals surface area contributed by atoms with Gasteiger partial charge < -0.3 is 21.7 Å². The second-order valence-electron chi connectivity index (χ2n) is 9.42. The van der Waals surface area contributed by atoms with E-state index in [1.165, 1.54) is 11.3 Å². The lowest BCUT2D eigenvalue weighted by Gasteiger charge is -2.26. The fourth-order valence-corrected chi connectivity index (χ4v) is 5.91. The number of nitrogens with two attached hydrogens (primary N) is 2. The smallest absolute Gasteiger partial charge is 0.397 e. The molecule has 0 unspecified atom stereocenters. The summed E-state index contributed by atoms with van der Waals surface area (Å²) >= 11 is 1.29. The zero-order valence-electron chi connectivity index (χ0n) is 19.6. The van der Waals surface area contributed by atoms with Crippen LogP contribution in [-0.2, 0) is 17.6 Å². The van der Waals surface area contributed by atoms with Gasteiger partial charge >= 0.3 is 6.36 Å². The van der Waals surface area contributed by atoms with Crippen LogP contribution in [0.3, 0.4) is 0 Å². The highest BCUT2D eigenvalue weighted by atomic mass is 32.1. The van der Waals surface area contributed by atoms with E-state index in [0.29, 0.717) is 42.3 Å². The minimum absolute atomic E-state index is 0.0546. The number of rotatable bonds is 5. The van der Waals surface area contributed by atoms with Crippen LogP contribution in [-0.4, -0.2) is 54.0 Å². The van der Waals surface area contributed by atoms with Crippen molar-refractivity contribution in [3.05, 3.63) is 46.1 Å². The molecule has 2 aliphatic rings. The molecule has 1 aliphatic heterocycles. The molecule has 1 saturated heterocycles. The van der Waals surface area contributed by atoms with Gasteiger partial charge in [0, 0.05) is 47.9 Å². The number of carbonyl (C=O) groups excluding carboxylic acids is 1. The number of nitrogens with one attached hydrogen (secondary N) is 1. The van der Waals surface area contributed by atoms with Crippen LogP contribution in [0.25, 0.3) is 10.2 Å². The van der Waals surface area contributed by atoms with Crippen LogP contribution >= 0.6 is 11.3 Å². The topological polar surface area (TPSA) is 119 Å². The van der Waals surface area contributed by atoms with Crippen molar-refractivity contribution in [2.45, 2.75) is 44.6 Å².